The Kier molecular flexibility index (Phi) is 3.64. The molecule has 0 spiro atoms. The zero-order valence-electron chi connectivity index (χ0n) is 14.8. The van der Waals surface area contributed by atoms with Crippen LogP contribution in [0.4, 0.5) is 4.39 Å². The maximum Gasteiger partial charge on any atom is 0.123 e. The third-order valence-corrected chi connectivity index (χ3v) is 5.80. The van der Waals surface area contributed by atoms with Gasteiger partial charge < -0.3 is 0 Å². The molecular formula is C21H21FN4. The number of hydrogen-bond donors (Lipinski definition) is 0. The number of aryl methyl sites for hydroxylation is 1. The first kappa shape index (κ1) is 15.7. The van der Waals surface area contributed by atoms with Crippen LogP contribution in [0, 0.1) is 11.7 Å². The van der Waals surface area contributed by atoms with Gasteiger partial charge in [-0.1, -0.05) is 12.1 Å². The molecule has 0 N–H and O–H groups in total. The van der Waals surface area contributed by atoms with Crippen molar-refractivity contribution in [3.63, 3.8) is 0 Å². The summed E-state index contributed by atoms with van der Waals surface area (Å²) in [7, 11) is 2.01. The summed E-state index contributed by atoms with van der Waals surface area (Å²) >= 11 is 0. The average molecular weight is 348 g/mol. The molecule has 0 saturated carbocycles. The number of hydrogen-bond acceptors (Lipinski definition) is 3. The maximum atomic E-state index is 13.7. The van der Waals surface area contributed by atoms with Gasteiger partial charge in [-0.2, -0.15) is 5.10 Å². The molecule has 5 rings (SSSR count). The molecular weight excluding hydrogens is 327 g/mol. The van der Waals surface area contributed by atoms with E-state index >= 15 is 0 Å². The van der Waals surface area contributed by atoms with Gasteiger partial charge in [0.15, 0.2) is 0 Å². The lowest BCUT2D eigenvalue weighted by atomic mass is 9.94. The average Bonchev–Trinajstić information content (AvgIpc) is 3.27. The monoisotopic (exact) mass is 348 g/mol. The number of fused-ring (bicyclic) bond motifs is 3. The summed E-state index contributed by atoms with van der Waals surface area (Å²) in [6, 6.07) is 11.0. The number of benzene rings is 1. The Morgan fingerprint density at radius 3 is 2.81 bits per heavy atom. The van der Waals surface area contributed by atoms with Crippen LogP contribution in [0.2, 0.25) is 0 Å². The van der Waals surface area contributed by atoms with E-state index in [-0.39, 0.29) is 5.82 Å². The molecule has 2 atom stereocenters. The van der Waals surface area contributed by atoms with Crippen LogP contribution in [0.25, 0.3) is 11.3 Å². The Morgan fingerprint density at radius 2 is 2.00 bits per heavy atom. The maximum absolute atomic E-state index is 13.7. The Morgan fingerprint density at radius 1 is 1.15 bits per heavy atom. The van der Waals surface area contributed by atoms with Crippen molar-refractivity contribution in [1.29, 1.82) is 0 Å². The molecule has 0 amide bonds. The van der Waals surface area contributed by atoms with Gasteiger partial charge in [-0.3, -0.25) is 14.6 Å². The molecule has 5 heteroatoms. The highest BCUT2D eigenvalue weighted by Crippen LogP contribution is 2.47. The molecule has 1 aromatic carbocycles. The Balaban J connectivity index is 1.45. The number of pyridine rings is 1. The van der Waals surface area contributed by atoms with Crippen molar-refractivity contribution in [3.05, 3.63) is 71.4 Å². The van der Waals surface area contributed by atoms with Crippen LogP contribution >= 0.6 is 0 Å². The molecule has 0 radical (unpaired) electrons. The van der Waals surface area contributed by atoms with Crippen LogP contribution in [-0.4, -0.2) is 32.8 Å². The van der Waals surface area contributed by atoms with Crippen molar-refractivity contribution in [2.45, 2.75) is 18.9 Å². The van der Waals surface area contributed by atoms with Crippen LogP contribution < -0.4 is 0 Å². The van der Waals surface area contributed by atoms with Crippen LogP contribution in [0.3, 0.4) is 0 Å². The summed E-state index contributed by atoms with van der Waals surface area (Å²) in [5.41, 5.74) is 5.80. The van der Waals surface area contributed by atoms with Gasteiger partial charge in [-0.25, -0.2) is 4.39 Å². The van der Waals surface area contributed by atoms with Crippen molar-refractivity contribution in [2.24, 2.45) is 13.0 Å². The zero-order valence-corrected chi connectivity index (χ0v) is 14.8. The zero-order chi connectivity index (χ0) is 17.7. The first-order valence-electron chi connectivity index (χ1n) is 9.12. The standard InChI is InChI=1S/C21H21FN4/c1-25-19-10-16-12-26(11-14-5-7-23-8-6-14)13-18(16)20(19)21(24-25)15-3-2-4-17(22)9-15/h2-9,16,18H,10-13H2,1H3/t16-,18+/m0/s1. The van der Waals surface area contributed by atoms with Gasteiger partial charge in [-0.15, -0.1) is 0 Å². The second kappa shape index (κ2) is 6.02. The van der Waals surface area contributed by atoms with Crippen LogP contribution in [0.15, 0.2) is 48.8 Å². The van der Waals surface area contributed by atoms with Crippen LogP contribution in [0.5, 0.6) is 0 Å². The van der Waals surface area contributed by atoms with Gasteiger partial charge in [0, 0.05) is 61.8 Å². The first-order chi connectivity index (χ1) is 12.7. The van der Waals surface area contributed by atoms with Gasteiger partial charge in [0.2, 0.25) is 0 Å². The van der Waals surface area contributed by atoms with E-state index in [0.717, 1.165) is 37.3 Å². The SMILES string of the molecule is Cn1nc(-c2cccc(F)c2)c2c1C[C@H]1CN(Cc3ccncc3)C[C@@H]21. The van der Waals surface area contributed by atoms with Gasteiger partial charge >= 0.3 is 0 Å². The third kappa shape index (κ3) is 2.54. The molecule has 1 aliphatic carbocycles. The highest BCUT2D eigenvalue weighted by Gasteiger charge is 2.43. The Labute approximate surface area is 152 Å². The second-order valence-electron chi connectivity index (χ2n) is 7.46. The largest absolute Gasteiger partial charge is 0.298 e. The molecule has 2 aromatic heterocycles. The molecule has 3 heterocycles. The molecule has 4 nitrogen and oxygen atoms in total. The van der Waals surface area contributed by atoms with Crippen LogP contribution in [0.1, 0.15) is 22.7 Å². The van der Waals surface area contributed by atoms with E-state index in [9.17, 15) is 4.39 Å². The summed E-state index contributed by atoms with van der Waals surface area (Å²) in [5, 5.41) is 4.74. The number of likely N-dealkylation sites (tertiary alicyclic amines) is 1. The highest BCUT2D eigenvalue weighted by molar-refractivity contribution is 5.66. The minimum atomic E-state index is -0.206. The lowest BCUT2D eigenvalue weighted by Crippen LogP contribution is -2.21. The minimum Gasteiger partial charge on any atom is -0.298 e. The lowest BCUT2D eigenvalue weighted by molar-refractivity contribution is 0.313. The smallest absolute Gasteiger partial charge is 0.123 e. The Hall–Kier alpha value is -2.53. The first-order valence-corrected chi connectivity index (χ1v) is 9.12. The van der Waals surface area contributed by atoms with E-state index in [1.165, 1.54) is 22.9 Å². The molecule has 1 aliphatic heterocycles. The summed E-state index contributed by atoms with van der Waals surface area (Å²) in [4.78, 5) is 6.63. The molecule has 1 saturated heterocycles. The van der Waals surface area contributed by atoms with Crippen molar-refractivity contribution in [2.75, 3.05) is 13.1 Å². The predicted molar refractivity (Wildman–Crippen MR) is 98.1 cm³/mol. The quantitative estimate of drug-likeness (QED) is 0.728. The third-order valence-electron chi connectivity index (χ3n) is 5.80. The van der Waals surface area contributed by atoms with Gasteiger partial charge in [0.05, 0.1) is 5.69 Å². The predicted octanol–water partition coefficient (Wildman–Crippen LogP) is 3.39. The van der Waals surface area contributed by atoms with E-state index in [0.29, 0.717) is 11.8 Å². The molecule has 3 aromatic rings. The van der Waals surface area contributed by atoms with Gasteiger partial charge in [0.1, 0.15) is 5.82 Å². The van der Waals surface area contributed by atoms with Crippen molar-refractivity contribution in [3.8, 4) is 11.3 Å². The van der Waals surface area contributed by atoms with E-state index in [4.69, 9.17) is 5.10 Å². The summed E-state index contributed by atoms with van der Waals surface area (Å²) < 4.78 is 15.7. The second-order valence-corrected chi connectivity index (χ2v) is 7.46. The van der Waals surface area contributed by atoms with E-state index < -0.39 is 0 Å². The van der Waals surface area contributed by atoms with Crippen LogP contribution in [-0.2, 0) is 20.0 Å². The summed E-state index contributed by atoms with van der Waals surface area (Å²) in [5.74, 6) is 0.907. The minimum absolute atomic E-state index is 0.206. The number of rotatable bonds is 3. The van der Waals surface area contributed by atoms with Gasteiger partial charge in [0.25, 0.3) is 0 Å². The fourth-order valence-corrected chi connectivity index (χ4v) is 4.67. The lowest BCUT2D eigenvalue weighted by Gasteiger charge is -2.16. The molecule has 0 bridgehead atoms. The number of halogens is 1. The molecule has 1 fully saturated rings. The number of nitrogens with zero attached hydrogens (tertiary/aromatic N) is 4. The fraction of sp³-hybridized carbons (Fsp3) is 0.333. The fourth-order valence-electron chi connectivity index (χ4n) is 4.67. The Bertz CT molecular complexity index is 950. The molecule has 132 valence electrons. The van der Waals surface area contributed by atoms with Gasteiger partial charge in [-0.05, 0) is 42.2 Å². The summed E-state index contributed by atoms with van der Waals surface area (Å²) in [6.07, 6.45) is 4.77. The van der Waals surface area contributed by atoms with E-state index in [2.05, 4.69) is 22.0 Å². The topological polar surface area (TPSA) is 34.0 Å². The summed E-state index contributed by atoms with van der Waals surface area (Å²) in [6.45, 7) is 3.10. The highest BCUT2D eigenvalue weighted by atomic mass is 19.1. The number of aromatic nitrogens is 3. The normalized spacial score (nSPS) is 21.8. The van der Waals surface area contributed by atoms with Crippen molar-refractivity contribution in [1.82, 2.24) is 19.7 Å². The molecule has 2 aliphatic rings. The molecule has 26 heavy (non-hydrogen) atoms. The van der Waals surface area contributed by atoms with E-state index in [1.807, 2.05) is 30.2 Å². The molecule has 0 unspecified atom stereocenters. The van der Waals surface area contributed by atoms with E-state index in [1.54, 1.807) is 12.1 Å². The van der Waals surface area contributed by atoms with Crippen molar-refractivity contribution >= 4 is 0 Å². The van der Waals surface area contributed by atoms with Crippen molar-refractivity contribution < 1.29 is 4.39 Å².